The molecular formula is C8H16O4. The molecule has 0 spiro atoms. The van der Waals surface area contributed by atoms with Crippen molar-refractivity contribution < 1.29 is 19.3 Å². The molecular weight excluding hydrogens is 160 g/mol. The molecule has 0 aliphatic rings. The van der Waals surface area contributed by atoms with Gasteiger partial charge in [-0.2, -0.15) is 0 Å². The van der Waals surface area contributed by atoms with Gasteiger partial charge in [-0.05, 0) is 0 Å². The van der Waals surface area contributed by atoms with Crippen molar-refractivity contribution in [2.75, 3.05) is 34.0 Å². The number of methoxy groups -OCH3 is 2. The summed E-state index contributed by atoms with van der Waals surface area (Å²) >= 11 is 0. The predicted molar refractivity (Wildman–Crippen MR) is 44.9 cm³/mol. The van der Waals surface area contributed by atoms with Crippen LogP contribution in [0.5, 0.6) is 0 Å². The second kappa shape index (κ2) is 6.14. The summed E-state index contributed by atoms with van der Waals surface area (Å²) in [5.41, 5.74) is 0. The first-order valence-corrected chi connectivity index (χ1v) is 3.64. The summed E-state index contributed by atoms with van der Waals surface area (Å²) in [7, 11) is 2.91. The van der Waals surface area contributed by atoms with Crippen molar-refractivity contribution in [1.29, 1.82) is 0 Å². The highest BCUT2D eigenvalue weighted by Crippen LogP contribution is 2.10. The molecule has 0 heterocycles. The highest BCUT2D eigenvalue weighted by atomic mass is 16.7. The molecule has 0 unspecified atom stereocenters. The number of aliphatic hydroxyl groups is 1. The minimum absolute atomic E-state index is 0.183. The van der Waals surface area contributed by atoms with Gasteiger partial charge in [0.05, 0.1) is 13.2 Å². The van der Waals surface area contributed by atoms with E-state index in [0.29, 0.717) is 6.61 Å². The Labute approximate surface area is 72.7 Å². The summed E-state index contributed by atoms with van der Waals surface area (Å²) in [6.45, 7) is 3.84. The Morgan fingerprint density at radius 3 is 2.33 bits per heavy atom. The van der Waals surface area contributed by atoms with Crippen LogP contribution in [-0.2, 0) is 14.2 Å². The molecule has 0 aromatic rings. The number of hydrogen-bond acceptors (Lipinski definition) is 4. The van der Waals surface area contributed by atoms with Crippen molar-refractivity contribution in [2.24, 2.45) is 0 Å². The van der Waals surface area contributed by atoms with Crippen LogP contribution in [0.4, 0.5) is 0 Å². The number of ether oxygens (including phenoxy) is 3. The van der Waals surface area contributed by atoms with Gasteiger partial charge in [0.25, 0.3) is 0 Å². The van der Waals surface area contributed by atoms with Crippen LogP contribution in [0.15, 0.2) is 12.7 Å². The maximum Gasteiger partial charge on any atom is 0.215 e. The molecule has 0 bridgehead atoms. The van der Waals surface area contributed by atoms with Gasteiger partial charge in [-0.1, -0.05) is 6.08 Å². The third-order valence-electron chi connectivity index (χ3n) is 1.54. The van der Waals surface area contributed by atoms with Crippen molar-refractivity contribution in [3.63, 3.8) is 0 Å². The van der Waals surface area contributed by atoms with Crippen LogP contribution in [0.25, 0.3) is 0 Å². The zero-order valence-corrected chi connectivity index (χ0v) is 7.58. The van der Waals surface area contributed by atoms with E-state index in [1.807, 2.05) is 0 Å². The van der Waals surface area contributed by atoms with E-state index in [1.54, 1.807) is 6.08 Å². The third kappa shape index (κ3) is 3.32. The smallest absolute Gasteiger partial charge is 0.215 e. The zero-order chi connectivity index (χ0) is 9.45. The van der Waals surface area contributed by atoms with Gasteiger partial charge in [0, 0.05) is 14.2 Å². The molecule has 0 aliphatic heterocycles. The van der Waals surface area contributed by atoms with Gasteiger partial charge < -0.3 is 19.3 Å². The van der Waals surface area contributed by atoms with E-state index in [4.69, 9.17) is 19.3 Å². The minimum Gasteiger partial charge on any atom is -0.391 e. The van der Waals surface area contributed by atoms with Crippen LogP contribution >= 0.6 is 0 Å². The Bertz CT molecular complexity index is 112. The van der Waals surface area contributed by atoms with E-state index >= 15 is 0 Å². The summed E-state index contributed by atoms with van der Waals surface area (Å²) in [5, 5.41) is 8.92. The highest BCUT2D eigenvalue weighted by Gasteiger charge is 2.28. The zero-order valence-electron chi connectivity index (χ0n) is 7.58. The Morgan fingerprint density at radius 2 is 2.00 bits per heavy atom. The van der Waals surface area contributed by atoms with Crippen molar-refractivity contribution in [1.82, 2.24) is 0 Å². The van der Waals surface area contributed by atoms with Gasteiger partial charge in [-0.3, -0.25) is 0 Å². The van der Waals surface area contributed by atoms with Gasteiger partial charge in [0.15, 0.2) is 0 Å². The second-order valence-corrected chi connectivity index (χ2v) is 2.28. The first-order valence-electron chi connectivity index (χ1n) is 3.64. The second-order valence-electron chi connectivity index (χ2n) is 2.28. The van der Waals surface area contributed by atoms with Crippen molar-refractivity contribution >= 4 is 0 Å². The van der Waals surface area contributed by atoms with E-state index in [0.717, 1.165) is 0 Å². The first kappa shape index (κ1) is 11.6. The number of rotatable bonds is 7. The predicted octanol–water partition coefficient (Wildman–Crippen LogP) is 0.170. The quantitative estimate of drug-likeness (QED) is 0.341. The summed E-state index contributed by atoms with van der Waals surface area (Å²) in [6.07, 6.45) is 1.62. The van der Waals surface area contributed by atoms with Crippen LogP contribution in [0.2, 0.25) is 0 Å². The summed E-state index contributed by atoms with van der Waals surface area (Å²) in [4.78, 5) is 0. The van der Waals surface area contributed by atoms with Gasteiger partial charge in [0.1, 0.15) is 6.61 Å². The van der Waals surface area contributed by atoms with E-state index in [2.05, 4.69) is 6.58 Å². The molecule has 0 saturated carbocycles. The van der Waals surface area contributed by atoms with Crippen molar-refractivity contribution in [3.8, 4) is 0 Å². The van der Waals surface area contributed by atoms with Crippen LogP contribution in [0, 0.1) is 0 Å². The van der Waals surface area contributed by atoms with Crippen LogP contribution < -0.4 is 0 Å². The lowest BCUT2D eigenvalue weighted by Gasteiger charge is -2.27. The molecule has 0 aliphatic carbocycles. The van der Waals surface area contributed by atoms with Crippen LogP contribution in [0.3, 0.4) is 0 Å². The van der Waals surface area contributed by atoms with E-state index in [1.165, 1.54) is 14.2 Å². The molecule has 0 atom stereocenters. The fourth-order valence-electron chi connectivity index (χ4n) is 0.674. The van der Waals surface area contributed by atoms with Crippen LogP contribution in [0.1, 0.15) is 0 Å². The molecule has 0 aromatic carbocycles. The molecule has 0 amide bonds. The third-order valence-corrected chi connectivity index (χ3v) is 1.54. The summed E-state index contributed by atoms with van der Waals surface area (Å²) in [6, 6.07) is 0. The largest absolute Gasteiger partial charge is 0.391 e. The molecule has 0 fully saturated rings. The molecule has 0 saturated heterocycles. The fourth-order valence-corrected chi connectivity index (χ4v) is 0.674. The molecule has 72 valence electrons. The van der Waals surface area contributed by atoms with Gasteiger partial charge in [0.2, 0.25) is 5.79 Å². The summed E-state index contributed by atoms with van der Waals surface area (Å²) < 4.78 is 15.0. The van der Waals surface area contributed by atoms with Crippen molar-refractivity contribution in [2.45, 2.75) is 5.79 Å². The van der Waals surface area contributed by atoms with Crippen molar-refractivity contribution in [3.05, 3.63) is 12.7 Å². The van der Waals surface area contributed by atoms with Gasteiger partial charge in [-0.25, -0.2) is 0 Å². The number of hydrogen-bond donors (Lipinski definition) is 1. The standard InChI is InChI=1S/C8H16O4/c1-4-5-12-7-8(6-9,10-2)11-3/h4,9H,1,5-7H2,2-3H3. The lowest BCUT2D eigenvalue weighted by atomic mass is 10.3. The molecule has 4 heteroatoms. The Morgan fingerprint density at radius 1 is 1.42 bits per heavy atom. The molecule has 12 heavy (non-hydrogen) atoms. The first-order chi connectivity index (χ1) is 5.74. The molecule has 4 nitrogen and oxygen atoms in total. The Hall–Kier alpha value is -0.420. The SMILES string of the molecule is C=CCOCC(CO)(OC)OC. The molecule has 0 aromatic heterocycles. The monoisotopic (exact) mass is 176 g/mol. The average Bonchev–Trinajstić information content (AvgIpc) is 2.14. The van der Waals surface area contributed by atoms with Gasteiger partial charge in [-0.15, -0.1) is 6.58 Å². The Balaban J connectivity index is 3.84. The van der Waals surface area contributed by atoms with Crippen LogP contribution in [-0.4, -0.2) is 44.9 Å². The van der Waals surface area contributed by atoms with Gasteiger partial charge >= 0.3 is 0 Å². The van der Waals surface area contributed by atoms with E-state index < -0.39 is 5.79 Å². The fraction of sp³-hybridized carbons (Fsp3) is 0.750. The summed E-state index contributed by atoms with van der Waals surface area (Å²) in [5.74, 6) is -1.04. The molecule has 0 radical (unpaired) electrons. The molecule has 1 N–H and O–H groups in total. The topological polar surface area (TPSA) is 47.9 Å². The Kier molecular flexibility index (Phi) is 5.92. The highest BCUT2D eigenvalue weighted by molar-refractivity contribution is 4.69. The maximum atomic E-state index is 8.92. The van der Waals surface area contributed by atoms with E-state index in [9.17, 15) is 0 Å². The lowest BCUT2D eigenvalue weighted by Crippen LogP contribution is -2.42. The maximum absolute atomic E-state index is 8.92. The average molecular weight is 176 g/mol. The number of aliphatic hydroxyl groups excluding tert-OH is 1. The minimum atomic E-state index is -1.04. The van der Waals surface area contributed by atoms with E-state index in [-0.39, 0.29) is 13.2 Å². The molecule has 0 rings (SSSR count). The lowest BCUT2D eigenvalue weighted by molar-refractivity contribution is -0.250. The normalized spacial score (nSPS) is 11.6.